The van der Waals surface area contributed by atoms with E-state index in [1.54, 1.807) is 0 Å². The Morgan fingerprint density at radius 2 is 0.458 bits per heavy atom. The Bertz CT molecular complexity index is 1160. The predicted octanol–water partition coefficient (Wildman–Crippen LogP) is 21.8. The maximum absolute atomic E-state index is 12.9. The highest BCUT2D eigenvalue weighted by atomic mass is 16.6. The number of allylic oxidation sites excluding steroid dienone is 4. The second-order valence-corrected chi connectivity index (χ2v) is 22.0. The van der Waals surface area contributed by atoms with Crippen LogP contribution in [0, 0.1) is 0 Å². The van der Waals surface area contributed by atoms with E-state index in [-0.39, 0.29) is 31.1 Å². The van der Waals surface area contributed by atoms with Gasteiger partial charge in [0.25, 0.3) is 0 Å². The van der Waals surface area contributed by atoms with Crippen LogP contribution >= 0.6 is 0 Å². The molecule has 0 spiro atoms. The first kappa shape index (κ1) is 69.9. The summed E-state index contributed by atoms with van der Waals surface area (Å²) in [5, 5.41) is 0. The first-order chi connectivity index (χ1) is 35.5. The van der Waals surface area contributed by atoms with Gasteiger partial charge in [0.2, 0.25) is 0 Å². The SMILES string of the molecule is CCCCC/C=C\CCCCCCCC(=O)OCC(COC(=O)CCCCCCCCCCCCCCCCCCCCCCCCC)OC(=O)CCCCCCCCCCC/C=C\CCCCCCCC. The van der Waals surface area contributed by atoms with Crippen LogP contribution in [0.15, 0.2) is 24.3 Å². The van der Waals surface area contributed by atoms with Crippen molar-refractivity contribution in [3.05, 3.63) is 24.3 Å². The van der Waals surface area contributed by atoms with Crippen molar-refractivity contribution in [1.82, 2.24) is 0 Å². The van der Waals surface area contributed by atoms with Crippen molar-refractivity contribution in [3.8, 4) is 0 Å². The van der Waals surface area contributed by atoms with Crippen LogP contribution in [0.2, 0.25) is 0 Å². The highest BCUT2D eigenvalue weighted by Crippen LogP contribution is 2.18. The van der Waals surface area contributed by atoms with Crippen LogP contribution in [0.4, 0.5) is 0 Å². The van der Waals surface area contributed by atoms with Gasteiger partial charge in [-0.15, -0.1) is 0 Å². The minimum atomic E-state index is -0.773. The van der Waals surface area contributed by atoms with Crippen molar-refractivity contribution in [2.45, 2.75) is 367 Å². The number of unbranched alkanes of at least 4 members (excludes halogenated alkanes) is 45. The summed E-state index contributed by atoms with van der Waals surface area (Å²) in [6.07, 6.45) is 73.3. The van der Waals surface area contributed by atoms with E-state index in [9.17, 15) is 14.4 Å². The first-order valence-electron chi connectivity index (χ1n) is 32.3. The minimum Gasteiger partial charge on any atom is -0.462 e. The fraction of sp³-hybridized carbons (Fsp3) is 0.894. The Hall–Kier alpha value is -2.11. The van der Waals surface area contributed by atoms with Gasteiger partial charge < -0.3 is 14.2 Å². The Balaban J connectivity index is 4.24. The molecule has 0 N–H and O–H groups in total. The van der Waals surface area contributed by atoms with E-state index in [0.717, 1.165) is 64.2 Å². The standard InChI is InChI=1S/C66H124O6/c1-4-7-10-13-16-19-22-25-27-29-31-32-33-34-36-37-39-41-44-47-50-53-56-59-65(68)71-62-63(61-70-64(67)58-55-52-49-46-43-24-21-18-15-12-9-6-3)72-66(69)60-57-54-51-48-45-42-40-38-35-30-28-26-23-20-17-14-11-8-5-2/h18,21,26,28,63H,4-17,19-20,22-25,27,29-62H2,1-3H3/b21-18-,28-26-. The lowest BCUT2D eigenvalue weighted by atomic mass is 10.0. The summed E-state index contributed by atoms with van der Waals surface area (Å²) >= 11 is 0. The number of carbonyl (C=O) groups is 3. The van der Waals surface area contributed by atoms with Crippen LogP contribution in [-0.2, 0) is 28.6 Å². The van der Waals surface area contributed by atoms with E-state index >= 15 is 0 Å². The van der Waals surface area contributed by atoms with E-state index in [1.165, 1.54) is 257 Å². The molecule has 0 aliphatic heterocycles. The van der Waals surface area contributed by atoms with Gasteiger partial charge in [0, 0.05) is 19.3 Å². The summed E-state index contributed by atoms with van der Waals surface area (Å²) in [5.41, 5.74) is 0. The molecule has 6 nitrogen and oxygen atoms in total. The first-order valence-corrected chi connectivity index (χ1v) is 32.3. The zero-order valence-corrected chi connectivity index (χ0v) is 48.7. The van der Waals surface area contributed by atoms with Gasteiger partial charge in [0.05, 0.1) is 0 Å². The highest BCUT2D eigenvalue weighted by Gasteiger charge is 2.19. The molecule has 6 heteroatoms. The average molecular weight is 1010 g/mol. The summed E-state index contributed by atoms with van der Waals surface area (Å²) in [6.45, 7) is 6.67. The van der Waals surface area contributed by atoms with Crippen LogP contribution in [0.1, 0.15) is 361 Å². The lowest BCUT2D eigenvalue weighted by molar-refractivity contribution is -0.167. The van der Waals surface area contributed by atoms with Crippen LogP contribution in [0.5, 0.6) is 0 Å². The molecule has 0 aliphatic rings. The molecule has 0 aliphatic carbocycles. The van der Waals surface area contributed by atoms with Gasteiger partial charge in [-0.3, -0.25) is 14.4 Å². The van der Waals surface area contributed by atoms with Crippen LogP contribution in [-0.4, -0.2) is 37.2 Å². The van der Waals surface area contributed by atoms with Crippen LogP contribution < -0.4 is 0 Å². The zero-order chi connectivity index (χ0) is 52.2. The fourth-order valence-corrected chi connectivity index (χ4v) is 9.79. The van der Waals surface area contributed by atoms with E-state index in [1.807, 2.05) is 0 Å². The molecule has 0 amide bonds. The lowest BCUT2D eigenvalue weighted by Gasteiger charge is -2.18. The van der Waals surface area contributed by atoms with E-state index in [2.05, 4.69) is 45.1 Å². The fourth-order valence-electron chi connectivity index (χ4n) is 9.79. The topological polar surface area (TPSA) is 78.9 Å². The van der Waals surface area contributed by atoms with Crippen molar-refractivity contribution in [2.75, 3.05) is 13.2 Å². The van der Waals surface area contributed by atoms with Crippen molar-refractivity contribution >= 4 is 17.9 Å². The molecule has 0 saturated heterocycles. The third-order valence-corrected chi connectivity index (χ3v) is 14.7. The quantitative estimate of drug-likeness (QED) is 0.0261. The molecule has 1 atom stereocenters. The number of carbonyl (C=O) groups excluding carboxylic acids is 3. The van der Waals surface area contributed by atoms with Gasteiger partial charge >= 0.3 is 17.9 Å². The number of ether oxygens (including phenoxy) is 3. The molecule has 72 heavy (non-hydrogen) atoms. The third kappa shape index (κ3) is 58.8. The summed E-state index contributed by atoms with van der Waals surface area (Å²) in [4.78, 5) is 38.3. The zero-order valence-electron chi connectivity index (χ0n) is 48.7. The molecule has 0 aromatic rings. The summed E-state index contributed by atoms with van der Waals surface area (Å²) in [7, 11) is 0. The smallest absolute Gasteiger partial charge is 0.306 e. The number of esters is 3. The van der Waals surface area contributed by atoms with E-state index in [0.29, 0.717) is 19.3 Å². The van der Waals surface area contributed by atoms with Gasteiger partial charge in [-0.25, -0.2) is 0 Å². The number of hydrogen-bond acceptors (Lipinski definition) is 6. The Labute approximate surface area is 449 Å². The summed E-state index contributed by atoms with van der Waals surface area (Å²) in [5.74, 6) is -0.856. The van der Waals surface area contributed by atoms with Crippen LogP contribution in [0.25, 0.3) is 0 Å². The molecule has 0 radical (unpaired) electrons. The molecule has 0 rings (SSSR count). The lowest BCUT2D eigenvalue weighted by Crippen LogP contribution is -2.30. The molecule has 0 fully saturated rings. The van der Waals surface area contributed by atoms with Crippen molar-refractivity contribution < 1.29 is 28.6 Å². The molecular formula is C66H124O6. The van der Waals surface area contributed by atoms with Crippen molar-refractivity contribution in [3.63, 3.8) is 0 Å². The Kier molecular flexibility index (Phi) is 59.6. The molecule has 0 heterocycles. The minimum absolute atomic E-state index is 0.0697. The number of hydrogen-bond donors (Lipinski definition) is 0. The van der Waals surface area contributed by atoms with Crippen molar-refractivity contribution in [1.29, 1.82) is 0 Å². The molecule has 0 bridgehead atoms. The second kappa shape index (κ2) is 61.4. The summed E-state index contributed by atoms with van der Waals surface area (Å²) < 4.78 is 16.9. The van der Waals surface area contributed by atoms with E-state index < -0.39 is 6.10 Å². The molecule has 0 aromatic heterocycles. The summed E-state index contributed by atoms with van der Waals surface area (Å²) in [6, 6.07) is 0. The number of rotatable bonds is 60. The maximum atomic E-state index is 12.9. The molecule has 0 aromatic carbocycles. The second-order valence-electron chi connectivity index (χ2n) is 22.0. The van der Waals surface area contributed by atoms with Gasteiger partial charge in [-0.05, 0) is 70.6 Å². The molecule has 1 unspecified atom stereocenters. The van der Waals surface area contributed by atoms with Crippen molar-refractivity contribution in [2.24, 2.45) is 0 Å². The Morgan fingerprint density at radius 1 is 0.264 bits per heavy atom. The van der Waals surface area contributed by atoms with Gasteiger partial charge in [-0.2, -0.15) is 0 Å². The van der Waals surface area contributed by atoms with Gasteiger partial charge in [0.1, 0.15) is 13.2 Å². The normalized spacial score (nSPS) is 12.1. The predicted molar refractivity (Wildman–Crippen MR) is 312 cm³/mol. The van der Waals surface area contributed by atoms with Gasteiger partial charge in [0.15, 0.2) is 6.10 Å². The monoisotopic (exact) mass is 1010 g/mol. The molecule has 0 saturated carbocycles. The Morgan fingerprint density at radius 3 is 0.722 bits per heavy atom. The average Bonchev–Trinajstić information content (AvgIpc) is 3.38. The van der Waals surface area contributed by atoms with Gasteiger partial charge in [-0.1, -0.05) is 295 Å². The third-order valence-electron chi connectivity index (χ3n) is 14.7. The molecule has 424 valence electrons. The van der Waals surface area contributed by atoms with Crippen LogP contribution in [0.3, 0.4) is 0 Å². The highest BCUT2D eigenvalue weighted by molar-refractivity contribution is 5.71. The largest absolute Gasteiger partial charge is 0.462 e. The molecular weight excluding hydrogens is 889 g/mol. The van der Waals surface area contributed by atoms with E-state index in [4.69, 9.17) is 14.2 Å². The maximum Gasteiger partial charge on any atom is 0.306 e.